The lowest BCUT2D eigenvalue weighted by molar-refractivity contribution is -0.384. The lowest BCUT2D eigenvalue weighted by Crippen LogP contribution is -2.41. The van der Waals surface area contributed by atoms with Gasteiger partial charge in [0.1, 0.15) is 18.5 Å². The number of nitrogens with zero attached hydrogens (tertiary/aromatic N) is 2. The van der Waals surface area contributed by atoms with Crippen LogP contribution in [0.4, 0.5) is 5.69 Å². The van der Waals surface area contributed by atoms with Crippen LogP contribution in [0.2, 0.25) is 0 Å². The molecule has 0 aliphatic carbocycles. The first-order valence-electron chi connectivity index (χ1n) is 9.42. The second-order valence-corrected chi connectivity index (χ2v) is 7.15. The highest BCUT2D eigenvalue weighted by Crippen LogP contribution is 2.22. The van der Waals surface area contributed by atoms with Gasteiger partial charge in [-0.2, -0.15) is 0 Å². The predicted molar refractivity (Wildman–Crippen MR) is 111 cm³/mol. The number of hydrogen-bond donors (Lipinski definition) is 1. The van der Waals surface area contributed by atoms with E-state index in [4.69, 9.17) is 4.74 Å². The average Bonchev–Trinajstić information content (AvgIpc) is 2.69. The minimum Gasteiger partial charge on any atom is -0.491 e. The van der Waals surface area contributed by atoms with E-state index in [2.05, 4.69) is 29.2 Å². The topological polar surface area (TPSA) is 75.8 Å². The number of non-ortho nitro benzene ring substituents is 1. The number of halogens is 1. The summed E-state index contributed by atoms with van der Waals surface area (Å²) in [5.74, 6) is 1.23. The number of ether oxygens (including phenoxy) is 1. The van der Waals surface area contributed by atoms with E-state index in [-0.39, 0.29) is 24.7 Å². The van der Waals surface area contributed by atoms with Crippen molar-refractivity contribution in [2.45, 2.75) is 25.4 Å². The number of rotatable bonds is 8. The Morgan fingerprint density at radius 3 is 2.36 bits per heavy atom. The van der Waals surface area contributed by atoms with Crippen molar-refractivity contribution in [3.63, 3.8) is 0 Å². The Hall–Kier alpha value is -2.15. The van der Waals surface area contributed by atoms with Crippen LogP contribution < -0.4 is 4.74 Å². The van der Waals surface area contributed by atoms with Gasteiger partial charge in [-0.05, 0) is 56.0 Å². The molecule has 2 aromatic carbocycles. The van der Waals surface area contributed by atoms with Crippen molar-refractivity contribution in [2.75, 3.05) is 26.2 Å². The maximum absolute atomic E-state index is 10.6. The van der Waals surface area contributed by atoms with Gasteiger partial charge in [0.15, 0.2) is 0 Å². The third kappa shape index (κ3) is 6.78. The zero-order chi connectivity index (χ0) is 19.1. The molecule has 0 bridgehead atoms. The lowest BCUT2D eigenvalue weighted by atomic mass is 9.90. The van der Waals surface area contributed by atoms with E-state index in [0.29, 0.717) is 18.2 Å². The Bertz CT molecular complexity index is 719. The van der Waals surface area contributed by atoms with Crippen molar-refractivity contribution < 1.29 is 14.8 Å². The monoisotopic (exact) mass is 406 g/mol. The van der Waals surface area contributed by atoms with E-state index in [1.165, 1.54) is 17.7 Å². The number of likely N-dealkylation sites (tertiary alicyclic amines) is 1. The number of hydrogen-bond acceptors (Lipinski definition) is 5. The highest BCUT2D eigenvalue weighted by atomic mass is 35.5. The molecule has 3 rings (SSSR count). The van der Waals surface area contributed by atoms with E-state index in [1.54, 1.807) is 12.1 Å². The molecule has 1 fully saturated rings. The maximum atomic E-state index is 10.6. The van der Waals surface area contributed by atoms with Crippen molar-refractivity contribution in [3.05, 3.63) is 70.3 Å². The Balaban J connectivity index is 0.00000280. The summed E-state index contributed by atoms with van der Waals surface area (Å²) in [4.78, 5) is 12.5. The van der Waals surface area contributed by atoms with Crippen molar-refractivity contribution in [1.29, 1.82) is 0 Å². The maximum Gasteiger partial charge on any atom is 0.269 e. The molecule has 1 aliphatic heterocycles. The summed E-state index contributed by atoms with van der Waals surface area (Å²) in [6, 6.07) is 16.5. The standard InChI is InChI=1S/C21H26N2O4.ClH/c24-20(16-27-21-8-6-19(7-9-21)23(25)26)15-22-12-10-18(11-13-22)14-17-4-2-1-3-5-17;/h1-9,18,20,24H,10-16H2;1H. The number of β-amino-alcohol motifs (C(OH)–C–C–N with tert-alkyl or cyclic N) is 1. The number of nitro groups is 1. The van der Waals surface area contributed by atoms with Crippen molar-refractivity contribution >= 4 is 18.1 Å². The van der Waals surface area contributed by atoms with E-state index < -0.39 is 11.0 Å². The zero-order valence-corrected chi connectivity index (χ0v) is 16.6. The summed E-state index contributed by atoms with van der Waals surface area (Å²) in [5, 5.41) is 20.9. The van der Waals surface area contributed by atoms with Crippen LogP contribution in [0.5, 0.6) is 5.75 Å². The van der Waals surface area contributed by atoms with E-state index in [9.17, 15) is 15.2 Å². The van der Waals surface area contributed by atoms with Gasteiger partial charge in [-0.1, -0.05) is 30.3 Å². The number of aliphatic hydroxyl groups excluding tert-OH is 1. The first-order chi connectivity index (χ1) is 13.1. The minimum atomic E-state index is -0.578. The van der Waals surface area contributed by atoms with Gasteiger partial charge in [0.05, 0.1) is 4.92 Å². The second-order valence-electron chi connectivity index (χ2n) is 7.15. The van der Waals surface area contributed by atoms with Crippen LogP contribution in [0.15, 0.2) is 54.6 Å². The van der Waals surface area contributed by atoms with E-state index >= 15 is 0 Å². The third-order valence-corrected chi connectivity index (χ3v) is 5.03. The fourth-order valence-electron chi connectivity index (χ4n) is 3.53. The summed E-state index contributed by atoms with van der Waals surface area (Å²) < 4.78 is 5.54. The van der Waals surface area contributed by atoms with Gasteiger partial charge >= 0.3 is 0 Å². The van der Waals surface area contributed by atoms with Crippen LogP contribution in [-0.4, -0.2) is 47.3 Å². The molecule has 6 nitrogen and oxygen atoms in total. The Labute approximate surface area is 171 Å². The number of benzene rings is 2. The Morgan fingerprint density at radius 1 is 1.11 bits per heavy atom. The molecular formula is C21H27ClN2O4. The molecule has 0 aromatic heterocycles. The molecule has 28 heavy (non-hydrogen) atoms. The quantitative estimate of drug-likeness (QED) is 0.534. The van der Waals surface area contributed by atoms with Gasteiger partial charge in [0, 0.05) is 18.7 Å². The summed E-state index contributed by atoms with van der Waals surface area (Å²) in [5.41, 5.74) is 1.42. The van der Waals surface area contributed by atoms with Crippen LogP contribution in [0.3, 0.4) is 0 Å². The molecule has 152 valence electrons. The molecule has 1 N–H and O–H groups in total. The molecule has 7 heteroatoms. The second kappa shape index (κ2) is 11.0. The fraction of sp³-hybridized carbons (Fsp3) is 0.429. The molecule has 1 atom stereocenters. The van der Waals surface area contributed by atoms with Crippen molar-refractivity contribution in [3.8, 4) is 5.75 Å². The fourth-order valence-corrected chi connectivity index (χ4v) is 3.53. The van der Waals surface area contributed by atoms with Gasteiger partial charge in [0.2, 0.25) is 0 Å². The number of piperidine rings is 1. The number of aliphatic hydroxyl groups is 1. The largest absolute Gasteiger partial charge is 0.491 e. The molecule has 1 saturated heterocycles. The average molecular weight is 407 g/mol. The number of nitro benzene ring substituents is 1. The molecule has 0 spiro atoms. The SMILES string of the molecule is Cl.O=[N+]([O-])c1ccc(OCC(O)CN2CCC(Cc3ccccc3)CC2)cc1. The highest BCUT2D eigenvalue weighted by molar-refractivity contribution is 5.85. The summed E-state index contributed by atoms with van der Waals surface area (Å²) in [6.45, 7) is 2.75. The van der Waals surface area contributed by atoms with Crippen molar-refractivity contribution in [1.82, 2.24) is 4.90 Å². The summed E-state index contributed by atoms with van der Waals surface area (Å²) in [7, 11) is 0. The smallest absolute Gasteiger partial charge is 0.269 e. The van der Waals surface area contributed by atoms with Crippen molar-refractivity contribution in [2.24, 2.45) is 5.92 Å². The molecule has 2 aromatic rings. The van der Waals surface area contributed by atoms with Crippen LogP contribution >= 0.6 is 12.4 Å². The predicted octanol–water partition coefficient (Wildman–Crippen LogP) is 3.71. The van der Waals surface area contributed by atoms with Crippen LogP contribution in [0, 0.1) is 16.0 Å². The normalized spacial score (nSPS) is 16.2. The lowest BCUT2D eigenvalue weighted by Gasteiger charge is -2.33. The minimum absolute atomic E-state index is 0. The summed E-state index contributed by atoms with van der Waals surface area (Å²) in [6.07, 6.45) is 2.83. The van der Waals surface area contributed by atoms with Crippen LogP contribution in [-0.2, 0) is 6.42 Å². The molecular weight excluding hydrogens is 380 g/mol. The Kier molecular flexibility index (Phi) is 8.70. The zero-order valence-electron chi connectivity index (χ0n) is 15.8. The van der Waals surface area contributed by atoms with Gasteiger partial charge in [-0.15, -0.1) is 12.4 Å². The first-order valence-corrected chi connectivity index (χ1v) is 9.42. The van der Waals surface area contributed by atoms with Gasteiger partial charge < -0.3 is 14.7 Å². The third-order valence-electron chi connectivity index (χ3n) is 5.03. The van der Waals surface area contributed by atoms with Gasteiger partial charge in [-0.3, -0.25) is 10.1 Å². The molecule has 1 heterocycles. The first kappa shape index (κ1) is 22.1. The van der Waals surface area contributed by atoms with Gasteiger partial charge in [0.25, 0.3) is 5.69 Å². The highest BCUT2D eigenvalue weighted by Gasteiger charge is 2.21. The molecule has 0 saturated carbocycles. The molecule has 0 radical (unpaired) electrons. The van der Waals surface area contributed by atoms with E-state index in [0.717, 1.165) is 32.4 Å². The van der Waals surface area contributed by atoms with Gasteiger partial charge in [-0.25, -0.2) is 0 Å². The van der Waals surface area contributed by atoms with Crippen LogP contribution in [0.1, 0.15) is 18.4 Å². The van der Waals surface area contributed by atoms with Crippen LogP contribution in [0.25, 0.3) is 0 Å². The molecule has 0 amide bonds. The Morgan fingerprint density at radius 2 is 1.75 bits per heavy atom. The molecule has 1 aliphatic rings. The summed E-state index contributed by atoms with van der Waals surface area (Å²) >= 11 is 0. The van der Waals surface area contributed by atoms with E-state index in [1.807, 2.05) is 6.07 Å². The molecule has 1 unspecified atom stereocenters.